The second-order valence-electron chi connectivity index (χ2n) is 5.81. The fourth-order valence-corrected chi connectivity index (χ4v) is 2.65. The molecule has 1 heterocycles. The Morgan fingerprint density at radius 2 is 2.00 bits per heavy atom. The number of nitrogens with one attached hydrogen (secondary N) is 1. The molecule has 1 fully saturated rings. The number of likely N-dealkylation sites (tertiary alicyclic amines) is 1. The van der Waals surface area contributed by atoms with Crippen LogP contribution in [0, 0.1) is 5.92 Å². The molecule has 4 heteroatoms. The summed E-state index contributed by atoms with van der Waals surface area (Å²) in [6.07, 6.45) is 3.78. The molecule has 4 nitrogen and oxygen atoms in total. The number of rotatable bonds is 7. The van der Waals surface area contributed by atoms with Gasteiger partial charge in [-0.05, 0) is 38.3 Å². The topological polar surface area (TPSA) is 52.6 Å². The minimum Gasteiger partial charge on any atom is -0.480 e. The van der Waals surface area contributed by atoms with Crippen molar-refractivity contribution in [2.75, 3.05) is 19.6 Å². The molecule has 0 aromatic heterocycles. The van der Waals surface area contributed by atoms with Crippen LogP contribution in [0.5, 0.6) is 0 Å². The molecule has 1 aliphatic rings. The first-order valence-electron chi connectivity index (χ1n) is 7.24. The van der Waals surface area contributed by atoms with Crippen LogP contribution in [0.4, 0.5) is 0 Å². The highest BCUT2D eigenvalue weighted by molar-refractivity contribution is 5.73. The van der Waals surface area contributed by atoms with Gasteiger partial charge in [0.05, 0.1) is 0 Å². The van der Waals surface area contributed by atoms with Gasteiger partial charge in [0.2, 0.25) is 0 Å². The predicted octanol–water partition coefficient (Wildman–Crippen LogP) is 1.95. The maximum atomic E-state index is 11.1. The van der Waals surface area contributed by atoms with E-state index in [9.17, 15) is 4.79 Å². The van der Waals surface area contributed by atoms with Crippen LogP contribution < -0.4 is 5.32 Å². The molecule has 1 saturated heterocycles. The molecule has 2 N–H and O–H groups in total. The van der Waals surface area contributed by atoms with E-state index < -0.39 is 5.97 Å². The predicted molar refractivity (Wildman–Crippen MR) is 73.8 cm³/mol. The van der Waals surface area contributed by atoms with Gasteiger partial charge in [-0.25, -0.2) is 0 Å². The summed E-state index contributed by atoms with van der Waals surface area (Å²) in [6, 6.07) is 0.0118. The molecule has 1 atom stereocenters. The SMILES string of the molecule is CCCC(NC1CCN(CC(C)C)CC1)C(=O)O. The van der Waals surface area contributed by atoms with Gasteiger partial charge in [0.25, 0.3) is 0 Å². The number of hydrogen-bond acceptors (Lipinski definition) is 3. The lowest BCUT2D eigenvalue weighted by atomic mass is 10.0. The minimum absolute atomic E-state index is 0.364. The van der Waals surface area contributed by atoms with Gasteiger partial charge >= 0.3 is 5.97 Å². The highest BCUT2D eigenvalue weighted by Crippen LogP contribution is 2.13. The quantitative estimate of drug-likeness (QED) is 0.731. The Balaban J connectivity index is 2.31. The minimum atomic E-state index is -0.707. The van der Waals surface area contributed by atoms with E-state index in [1.54, 1.807) is 0 Å². The molecule has 1 unspecified atom stereocenters. The fourth-order valence-electron chi connectivity index (χ4n) is 2.65. The molecule has 106 valence electrons. The van der Waals surface area contributed by atoms with Crippen LogP contribution in [0.25, 0.3) is 0 Å². The van der Waals surface area contributed by atoms with E-state index in [0.29, 0.717) is 12.0 Å². The monoisotopic (exact) mass is 256 g/mol. The van der Waals surface area contributed by atoms with Gasteiger partial charge in [-0.15, -0.1) is 0 Å². The number of nitrogens with zero attached hydrogens (tertiary/aromatic N) is 1. The van der Waals surface area contributed by atoms with Crippen molar-refractivity contribution in [2.24, 2.45) is 5.92 Å². The summed E-state index contributed by atoms with van der Waals surface area (Å²) in [5.74, 6) is 0.00262. The standard InChI is InChI=1S/C14H28N2O2/c1-4-5-13(14(17)18)15-12-6-8-16(9-7-12)10-11(2)3/h11-13,15H,4-10H2,1-3H3,(H,17,18). The van der Waals surface area contributed by atoms with Crippen LogP contribution in [0.15, 0.2) is 0 Å². The van der Waals surface area contributed by atoms with Crippen molar-refractivity contribution < 1.29 is 9.90 Å². The lowest BCUT2D eigenvalue weighted by Gasteiger charge is -2.34. The summed E-state index contributed by atoms with van der Waals surface area (Å²) < 4.78 is 0. The average Bonchev–Trinajstić information content (AvgIpc) is 2.30. The molecule has 0 bridgehead atoms. The maximum absolute atomic E-state index is 11.1. The Hall–Kier alpha value is -0.610. The zero-order valence-electron chi connectivity index (χ0n) is 12.0. The number of carboxylic acid groups (broad SMARTS) is 1. The molecule has 0 aromatic rings. The Morgan fingerprint density at radius 3 is 2.44 bits per heavy atom. The lowest BCUT2D eigenvalue weighted by Crippen LogP contribution is -2.49. The number of carbonyl (C=O) groups is 1. The molecule has 1 aliphatic heterocycles. The van der Waals surface area contributed by atoms with E-state index >= 15 is 0 Å². The third kappa shape index (κ3) is 5.36. The molecule has 0 radical (unpaired) electrons. The third-order valence-electron chi connectivity index (χ3n) is 3.52. The van der Waals surface area contributed by atoms with E-state index in [2.05, 4.69) is 24.1 Å². The summed E-state index contributed by atoms with van der Waals surface area (Å²) in [4.78, 5) is 13.6. The van der Waals surface area contributed by atoms with Crippen LogP contribution in [-0.2, 0) is 4.79 Å². The van der Waals surface area contributed by atoms with Gasteiger partial charge in [0.1, 0.15) is 6.04 Å². The van der Waals surface area contributed by atoms with Gasteiger partial charge < -0.3 is 15.3 Å². The highest BCUT2D eigenvalue weighted by atomic mass is 16.4. The second kappa shape index (κ2) is 7.74. The van der Waals surface area contributed by atoms with Crippen LogP contribution in [0.2, 0.25) is 0 Å². The Kier molecular flexibility index (Phi) is 6.65. The van der Waals surface area contributed by atoms with Gasteiger partial charge in [-0.2, -0.15) is 0 Å². The molecule has 0 aromatic carbocycles. The largest absolute Gasteiger partial charge is 0.480 e. The van der Waals surface area contributed by atoms with Crippen molar-refractivity contribution in [1.82, 2.24) is 10.2 Å². The van der Waals surface area contributed by atoms with Crippen molar-refractivity contribution in [3.05, 3.63) is 0 Å². The van der Waals surface area contributed by atoms with Gasteiger partial charge in [-0.1, -0.05) is 27.2 Å². The first-order valence-corrected chi connectivity index (χ1v) is 7.24. The lowest BCUT2D eigenvalue weighted by molar-refractivity contribution is -0.140. The van der Waals surface area contributed by atoms with Gasteiger partial charge in [0.15, 0.2) is 0 Å². The zero-order valence-corrected chi connectivity index (χ0v) is 12.0. The summed E-state index contributed by atoms with van der Waals surface area (Å²) in [6.45, 7) is 9.85. The van der Waals surface area contributed by atoms with Crippen molar-refractivity contribution in [1.29, 1.82) is 0 Å². The van der Waals surface area contributed by atoms with E-state index in [4.69, 9.17) is 5.11 Å². The normalized spacial score (nSPS) is 20.2. The molecular formula is C14H28N2O2. The number of hydrogen-bond donors (Lipinski definition) is 2. The number of aliphatic carboxylic acids is 1. The molecular weight excluding hydrogens is 228 g/mol. The number of carboxylic acids is 1. The zero-order chi connectivity index (χ0) is 13.5. The molecule has 0 spiro atoms. The van der Waals surface area contributed by atoms with Crippen LogP contribution >= 0.6 is 0 Å². The Labute approximate surface area is 111 Å². The molecule has 0 saturated carbocycles. The van der Waals surface area contributed by atoms with Crippen molar-refractivity contribution in [3.63, 3.8) is 0 Å². The summed E-state index contributed by atoms with van der Waals surface area (Å²) >= 11 is 0. The fraction of sp³-hybridized carbons (Fsp3) is 0.929. The third-order valence-corrected chi connectivity index (χ3v) is 3.52. The van der Waals surface area contributed by atoms with Crippen LogP contribution in [-0.4, -0.2) is 47.7 Å². The summed E-state index contributed by atoms with van der Waals surface area (Å²) in [5.41, 5.74) is 0. The van der Waals surface area contributed by atoms with Gasteiger partial charge in [-0.3, -0.25) is 4.79 Å². The second-order valence-corrected chi connectivity index (χ2v) is 5.81. The Morgan fingerprint density at radius 1 is 1.39 bits per heavy atom. The first-order chi connectivity index (χ1) is 8.52. The van der Waals surface area contributed by atoms with Crippen LogP contribution in [0.3, 0.4) is 0 Å². The molecule has 18 heavy (non-hydrogen) atoms. The summed E-state index contributed by atoms with van der Waals surface area (Å²) in [5, 5.41) is 12.4. The number of piperidine rings is 1. The van der Waals surface area contributed by atoms with E-state index in [1.165, 1.54) is 0 Å². The Bertz CT molecular complexity index is 248. The molecule has 0 aliphatic carbocycles. The van der Waals surface area contributed by atoms with Crippen molar-refractivity contribution in [2.45, 2.75) is 58.5 Å². The van der Waals surface area contributed by atoms with E-state index in [1.807, 2.05) is 6.92 Å². The summed E-state index contributed by atoms with van der Waals surface area (Å²) in [7, 11) is 0. The smallest absolute Gasteiger partial charge is 0.320 e. The van der Waals surface area contributed by atoms with E-state index in [0.717, 1.165) is 45.3 Å². The highest BCUT2D eigenvalue weighted by Gasteiger charge is 2.24. The maximum Gasteiger partial charge on any atom is 0.320 e. The average molecular weight is 256 g/mol. The molecule has 1 rings (SSSR count). The van der Waals surface area contributed by atoms with Crippen molar-refractivity contribution in [3.8, 4) is 0 Å². The van der Waals surface area contributed by atoms with Crippen molar-refractivity contribution >= 4 is 5.97 Å². The van der Waals surface area contributed by atoms with Gasteiger partial charge in [0, 0.05) is 12.6 Å². The van der Waals surface area contributed by atoms with Crippen LogP contribution in [0.1, 0.15) is 46.5 Å². The molecule has 0 amide bonds. The first kappa shape index (κ1) is 15.4. The van der Waals surface area contributed by atoms with E-state index in [-0.39, 0.29) is 6.04 Å².